The molecule has 19 heavy (non-hydrogen) atoms. The van der Waals surface area contributed by atoms with Crippen molar-refractivity contribution < 1.29 is 0 Å². The van der Waals surface area contributed by atoms with E-state index in [2.05, 4.69) is 11.9 Å². The largest absolute Gasteiger partial charge is 0.396 e. The summed E-state index contributed by atoms with van der Waals surface area (Å²) in [7, 11) is 1.98. The highest BCUT2D eigenvalue weighted by molar-refractivity contribution is 6.31. The highest BCUT2D eigenvalue weighted by atomic mass is 35.5. The van der Waals surface area contributed by atoms with Gasteiger partial charge in [0.1, 0.15) is 0 Å². The fourth-order valence-electron chi connectivity index (χ4n) is 2.04. The smallest absolute Gasteiger partial charge is 0.152 e. The summed E-state index contributed by atoms with van der Waals surface area (Å²) in [4.78, 5) is 6.55. The van der Waals surface area contributed by atoms with Crippen LogP contribution in [0.2, 0.25) is 5.02 Å². The minimum absolute atomic E-state index is 0.102. The third-order valence-electron chi connectivity index (χ3n) is 3.31. The molecular formula is C15H18ClN3. The predicted molar refractivity (Wildman–Crippen MR) is 81.7 cm³/mol. The zero-order valence-corrected chi connectivity index (χ0v) is 12.1. The fourth-order valence-corrected chi connectivity index (χ4v) is 2.34. The van der Waals surface area contributed by atoms with Crippen molar-refractivity contribution in [3.63, 3.8) is 0 Å². The summed E-state index contributed by atoms with van der Waals surface area (Å²) in [5.41, 5.74) is 8.69. The minimum Gasteiger partial charge on any atom is -0.396 e. The molecule has 0 fully saturated rings. The van der Waals surface area contributed by atoms with E-state index >= 15 is 0 Å². The number of hydrogen-bond donors (Lipinski definition) is 1. The number of benzene rings is 1. The van der Waals surface area contributed by atoms with Crippen molar-refractivity contribution in [1.82, 2.24) is 4.98 Å². The van der Waals surface area contributed by atoms with Crippen LogP contribution in [-0.4, -0.2) is 12.0 Å². The van der Waals surface area contributed by atoms with Crippen molar-refractivity contribution in [1.29, 1.82) is 0 Å². The van der Waals surface area contributed by atoms with E-state index in [4.69, 9.17) is 17.3 Å². The Bertz CT molecular complexity index is 583. The molecule has 0 saturated carbocycles. The lowest BCUT2D eigenvalue weighted by molar-refractivity contribution is 0.729. The van der Waals surface area contributed by atoms with Crippen LogP contribution >= 0.6 is 11.6 Å². The van der Waals surface area contributed by atoms with E-state index in [9.17, 15) is 0 Å². The van der Waals surface area contributed by atoms with Crippen LogP contribution < -0.4 is 10.6 Å². The molecule has 0 spiro atoms. The molecule has 4 heteroatoms. The predicted octanol–water partition coefficient (Wildman–Crippen LogP) is 3.82. The van der Waals surface area contributed by atoms with E-state index in [0.717, 1.165) is 22.1 Å². The van der Waals surface area contributed by atoms with Gasteiger partial charge in [-0.05, 0) is 37.6 Å². The fraction of sp³-hybridized carbons (Fsp3) is 0.267. The molecule has 1 heterocycles. The first kappa shape index (κ1) is 13.7. The maximum Gasteiger partial charge on any atom is 0.152 e. The summed E-state index contributed by atoms with van der Waals surface area (Å²) >= 11 is 6.24. The number of nitrogens with two attached hydrogens (primary N) is 1. The van der Waals surface area contributed by atoms with Gasteiger partial charge in [-0.1, -0.05) is 29.8 Å². The average Bonchev–Trinajstić information content (AvgIpc) is 2.40. The second-order valence-corrected chi connectivity index (χ2v) is 5.08. The van der Waals surface area contributed by atoms with Crippen molar-refractivity contribution in [2.75, 3.05) is 17.7 Å². The maximum atomic E-state index is 6.24. The number of aromatic nitrogens is 1. The molecule has 1 aromatic carbocycles. The highest BCUT2D eigenvalue weighted by Gasteiger charge is 2.17. The number of anilines is 2. The third kappa shape index (κ3) is 2.82. The Morgan fingerprint density at radius 1 is 1.21 bits per heavy atom. The van der Waals surface area contributed by atoms with Crippen LogP contribution in [0.5, 0.6) is 0 Å². The maximum absolute atomic E-state index is 6.24. The van der Waals surface area contributed by atoms with Gasteiger partial charge in [-0.3, -0.25) is 0 Å². The van der Waals surface area contributed by atoms with Crippen molar-refractivity contribution >= 4 is 23.1 Å². The first-order valence-electron chi connectivity index (χ1n) is 6.21. The molecule has 1 atom stereocenters. The lowest BCUT2D eigenvalue weighted by Crippen LogP contribution is -2.24. The Kier molecular flexibility index (Phi) is 3.96. The monoisotopic (exact) mass is 275 g/mol. The summed E-state index contributed by atoms with van der Waals surface area (Å²) in [5.74, 6) is 0.785. The molecule has 0 aliphatic heterocycles. The van der Waals surface area contributed by atoms with Gasteiger partial charge < -0.3 is 10.6 Å². The number of halogens is 1. The van der Waals surface area contributed by atoms with E-state index in [-0.39, 0.29) is 6.04 Å². The molecule has 2 N–H and O–H groups in total. The van der Waals surface area contributed by atoms with Crippen molar-refractivity contribution in [2.24, 2.45) is 0 Å². The van der Waals surface area contributed by atoms with Gasteiger partial charge >= 0.3 is 0 Å². The minimum atomic E-state index is 0.102. The Balaban J connectivity index is 2.36. The molecular weight excluding hydrogens is 258 g/mol. The number of nitrogen functional groups attached to an aromatic ring is 1. The van der Waals surface area contributed by atoms with Gasteiger partial charge in [-0.15, -0.1) is 0 Å². The molecule has 0 radical (unpaired) electrons. The lowest BCUT2D eigenvalue weighted by atomic mass is 10.1. The van der Waals surface area contributed by atoms with Crippen LogP contribution in [0.3, 0.4) is 0 Å². The molecule has 1 aromatic heterocycles. The molecule has 2 aromatic rings. The molecule has 3 nitrogen and oxygen atoms in total. The zero-order chi connectivity index (χ0) is 14.0. The molecule has 2 rings (SSSR count). The van der Waals surface area contributed by atoms with Gasteiger partial charge in [0.15, 0.2) is 5.82 Å². The Morgan fingerprint density at radius 3 is 2.58 bits per heavy atom. The number of pyridine rings is 1. The number of hydrogen-bond acceptors (Lipinski definition) is 3. The third-order valence-corrected chi connectivity index (χ3v) is 3.66. The van der Waals surface area contributed by atoms with Crippen molar-refractivity contribution in [2.45, 2.75) is 19.9 Å². The number of rotatable bonds is 3. The topological polar surface area (TPSA) is 42.1 Å². The average molecular weight is 276 g/mol. The molecule has 0 bridgehead atoms. The second-order valence-electron chi connectivity index (χ2n) is 4.67. The summed E-state index contributed by atoms with van der Waals surface area (Å²) in [6.45, 7) is 4.04. The highest BCUT2D eigenvalue weighted by Crippen LogP contribution is 2.31. The molecule has 0 aliphatic carbocycles. The SMILES string of the molecule is Cc1ccc(N)c(N(C)C(C)c2ccccc2Cl)n1. The normalized spacial score (nSPS) is 12.2. The molecule has 0 aliphatic rings. The zero-order valence-electron chi connectivity index (χ0n) is 11.4. The van der Waals surface area contributed by atoms with Crippen LogP contribution in [0.1, 0.15) is 24.2 Å². The summed E-state index contributed by atoms with van der Waals surface area (Å²) in [6.07, 6.45) is 0. The quantitative estimate of drug-likeness (QED) is 0.926. The molecule has 100 valence electrons. The van der Waals surface area contributed by atoms with Gasteiger partial charge in [0.05, 0.1) is 11.7 Å². The van der Waals surface area contributed by atoms with E-state index in [1.165, 1.54) is 0 Å². The second kappa shape index (κ2) is 5.49. The van der Waals surface area contributed by atoms with Crippen LogP contribution in [-0.2, 0) is 0 Å². The van der Waals surface area contributed by atoms with Gasteiger partial charge in [0, 0.05) is 17.8 Å². The lowest BCUT2D eigenvalue weighted by Gasteiger charge is -2.28. The van der Waals surface area contributed by atoms with Gasteiger partial charge in [0.2, 0.25) is 0 Å². The van der Waals surface area contributed by atoms with E-state index in [1.807, 2.05) is 55.3 Å². The van der Waals surface area contributed by atoms with Crippen LogP contribution in [0.25, 0.3) is 0 Å². The molecule has 0 amide bonds. The Labute approximate surface area is 119 Å². The number of nitrogens with zero attached hydrogens (tertiary/aromatic N) is 2. The van der Waals surface area contributed by atoms with E-state index in [1.54, 1.807) is 0 Å². The first-order valence-corrected chi connectivity index (χ1v) is 6.59. The van der Waals surface area contributed by atoms with Gasteiger partial charge in [-0.25, -0.2) is 4.98 Å². The van der Waals surface area contributed by atoms with Gasteiger partial charge in [0.25, 0.3) is 0 Å². The van der Waals surface area contributed by atoms with Crippen LogP contribution in [0.15, 0.2) is 36.4 Å². The summed E-state index contributed by atoms with van der Waals surface area (Å²) in [5, 5.41) is 0.757. The van der Waals surface area contributed by atoms with Crippen LogP contribution in [0.4, 0.5) is 11.5 Å². The Hall–Kier alpha value is -1.74. The van der Waals surface area contributed by atoms with E-state index < -0.39 is 0 Å². The van der Waals surface area contributed by atoms with Crippen molar-refractivity contribution in [3.05, 3.63) is 52.7 Å². The molecule has 1 unspecified atom stereocenters. The van der Waals surface area contributed by atoms with Gasteiger partial charge in [-0.2, -0.15) is 0 Å². The summed E-state index contributed by atoms with van der Waals surface area (Å²) in [6, 6.07) is 11.7. The Morgan fingerprint density at radius 2 is 1.89 bits per heavy atom. The van der Waals surface area contributed by atoms with E-state index in [0.29, 0.717) is 5.69 Å². The summed E-state index contributed by atoms with van der Waals surface area (Å²) < 4.78 is 0. The number of aryl methyl sites for hydroxylation is 1. The first-order chi connectivity index (χ1) is 9.00. The standard InChI is InChI=1S/C15H18ClN3/c1-10-8-9-14(17)15(18-10)19(3)11(2)12-6-4-5-7-13(12)16/h4-9,11H,17H2,1-3H3. The van der Waals surface area contributed by atoms with Crippen molar-refractivity contribution in [3.8, 4) is 0 Å². The molecule has 0 saturated heterocycles. The van der Waals surface area contributed by atoms with Crippen LogP contribution in [0, 0.1) is 6.92 Å².